The van der Waals surface area contributed by atoms with Gasteiger partial charge in [0, 0.05) is 12.5 Å². The van der Waals surface area contributed by atoms with Crippen molar-refractivity contribution >= 4 is 16.9 Å². The summed E-state index contributed by atoms with van der Waals surface area (Å²) in [6.07, 6.45) is 1.40. The van der Waals surface area contributed by atoms with Crippen molar-refractivity contribution in [3.8, 4) is 0 Å². The van der Waals surface area contributed by atoms with E-state index in [1.807, 2.05) is 0 Å². The van der Waals surface area contributed by atoms with Crippen LogP contribution in [0.25, 0.3) is 11.0 Å². The third-order valence-electron chi connectivity index (χ3n) is 5.05. The summed E-state index contributed by atoms with van der Waals surface area (Å²) in [7, 11) is 0. The number of nitrogens with zero attached hydrogens (tertiary/aromatic N) is 3. The quantitative estimate of drug-likeness (QED) is 0.603. The average molecular weight is 409 g/mol. The summed E-state index contributed by atoms with van der Waals surface area (Å²) in [5.74, 6) is -4.01. The largest absolute Gasteiger partial charge is 0.369 e. The van der Waals surface area contributed by atoms with E-state index in [9.17, 15) is 17.6 Å². The molecule has 2 aromatic heterocycles. The monoisotopic (exact) mass is 409 g/mol. The molecule has 4 rings (SSSR count). The fourth-order valence-corrected chi connectivity index (χ4v) is 3.53. The van der Waals surface area contributed by atoms with E-state index >= 15 is 0 Å². The van der Waals surface area contributed by atoms with Crippen molar-refractivity contribution in [1.82, 2.24) is 20.2 Å². The van der Waals surface area contributed by atoms with Gasteiger partial charge in [0.05, 0.1) is 23.3 Å². The fraction of sp³-hybridized carbons (Fsp3) is 0.421. The Morgan fingerprint density at radius 1 is 1.21 bits per heavy atom. The summed E-state index contributed by atoms with van der Waals surface area (Å²) in [6.45, 7) is -1.07. The smallest absolute Gasteiger partial charge is 0.298 e. The number of benzene rings is 1. The van der Waals surface area contributed by atoms with Gasteiger partial charge in [-0.25, -0.2) is 18.7 Å². The molecule has 0 radical (unpaired) electrons. The second-order valence-electron chi connectivity index (χ2n) is 7.06. The van der Waals surface area contributed by atoms with E-state index in [4.69, 9.17) is 4.74 Å². The van der Waals surface area contributed by atoms with Crippen molar-refractivity contribution in [1.29, 1.82) is 0 Å². The van der Waals surface area contributed by atoms with E-state index in [0.29, 0.717) is 23.3 Å². The van der Waals surface area contributed by atoms with Crippen molar-refractivity contribution in [3.63, 3.8) is 0 Å². The summed E-state index contributed by atoms with van der Waals surface area (Å²) < 4.78 is 61.9. The maximum Gasteiger partial charge on any atom is 0.298 e. The van der Waals surface area contributed by atoms with Crippen molar-refractivity contribution in [2.24, 2.45) is 0 Å². The van der Waals surface area contributed by atoms with E-state index in [1.54, 1.807) is 6.20 Å². The van der Waals surface area contributed by atoms with Gasteiger partial charge >= 0.3 is 0 Å². The third-order valence-corrected chi connectivity index (χ3v) is 5.05. The zero-order chi connectivity index (χ0) is 20.4. The molecular formula is C19H19F4N5O. The average Bonchev–Trinajstić information content (AvgIpc) is 3.17. The predicted octanol–water partition coefficient (Wildman–Crippen LogP) is 3.97. The number of hydrogen-bond donors (Lipinski definition) is 2. The Hall–Kier alpha value is -2.75. The lowest BCUT2D eigenvalue weighted by Crippen LogP contribution is -2.40. The summed E-state index contributed by atoms with van der Waals surface area (Å²) in [4.78, 5) is 8.20. The van der Waals surface area contributed by atoms with E-state index in [0.717, 1.165) is 12.1 Å². The van der Waals surface area contributed by atoms with E-state index in [1.165, 1.54) is 18.5 Å². The number of anilines is 1. The van der Waals surface area contributed by atoms with Crippen LogP contribution in [0.5, 0.6) is 0 Å². The molecule has 3 atom stereocenters. The Morgan fingerprint density at radius 3 is 2.83 bits per heavy atom. The van der Waals surface area contributed by atoms with Crippen LogP contribution in [0.15, 0.2) is 36.8 Å². The SMILES string of the molecule is Fc1ccccc1C(F)(F)CO[C@H]1CC[C@H](Nc2ncnc3[nH]ncc23)CC1F. The standard InChI is InChI=1S/C19H19F4N5O/c20-14-4-2-1-3-13(14)19(22,23)9-29-16-6-5-11(7-15(16)21)27-17-12-8-26-28-18(12)25-10-24-17/h1-4,8,10-11,15-16H,5-7,9H2,(H2,24,25,26,27,28)/t11-,15?,16-/m0/s1. The maximum atomic E-state index is 14.6. The molecule has 0 aliphatic heterocycles. The zero-order valence-electron chi connectivity index (χ0n) is 15.3. The van der Waals surface area contributed by atoms with Gasteiger partial charge in [-0.3, -0.25) is 5.10 Å². The molecule has 0 saturated heterocycles. The van der Waals surface area contributed by atoms with Gasteiger partial charge in [-0.2, -0.15) is 13.9 Å². The van der Waals surface area contributed by atoms with Gasteiger partial charge < -0.3 is 10.1 Å². The first-order chi connectivity index (χ1) is 13.9. The molecule has 0 spiro atoms. The summed E-state index contributed by atoms with van der Waals surface area (Å²) in [5.41, 5.74) is -0.189. The molecule has 2 heterocycles. The van der Waals surface area contributed by atoms with Gasteiger partial charge in [0.25, 0.3) is 5.92 Å². The molecule has 10 heteroatoms. The first-order valence-corrected chi connectivity index (χ1v) is 9.23. The molecule has 1 saturated carbocycles. The third kappa shape index (κ3) is 4.16. The molecule has 6 nitrogen and oxygen atoms in total. The molecular weight excluding hydrogens is 390 g/mol. The molecule has 1 aromatic carbocycles. The van der Waals surface area contributed by atoms with Crippen LogP contribution < -0.4 is 5.32 Å². The summed E-state index contributed by atoms with van der Waals surface area (Å²) in [5, 5.41) is 10.5. The molecule has 0 bridgehead atoms. The van der Waals surface area contributed by atoms with Crippen LogP contribution in [-0.4, -0.2) is 45.1 Å². The summed E-state index contributed by atoms with van der Waals surface area (Å²) >= 11 is 0. The molecule has 0 amide bonds. The number of aromatic nitrogens is 4. The van der Waals surface area contributed by atoms with Crippen molar-refractivity contribution in [3.05, 3.63) is 48.2 Å². The number of ether oxygens (including phenoxy) is 1. The number of halogens is 4. The van der Waals surface area contributed by atoms with Crippen molar-refractivity contribution < 1.29 is 22.3 Å². The molecule has 2 N–H and O–H groups in total. The van der Waals surface area contributed by atoms with E-state index in [2.05, 4.69) is 25.5 Å². The molecule has 1 unspecified atom stereocenters. The number of H-pyrrole nitrogens is 1. The second kappa shape index (κ2) is 7.94. The van der Waals surface area contributed by atoms with Crippen LogP contribution in [-0.2, 0) is 10.7 Å². The maximum absolute atomic E-state index is 14.6. The first kappa shape index (κ1) is 19.6. The minimum absolute atomic E-state index is 0.0826. The molecule has 1 aliphatic carbocycles. The fourth-order valence-electron chi connectivity index (χ4n) is 3.53. The molecule has 3 aromatic rings. The number of fused-ring (bicyclic) bond motifs is 1. The lowest BCUT2D eigenvalue weighted by Gasteiger charge is -2.33. The van der Waals surface area contributed by atoms with Crippen molar-refractivity contribution in [2.45, 2.75) is 43.5 Å². The van der Waals surface area contributed by atoms with Crippen LogP contribution in [0.3, 0.4) is 0 Å². The Balaban J connectivity index is 1.35. The Morgan fingerprint density at radius 2 is 2.03 bits per heavy atom. The topological polar surface area (TPSA) is 75.7 Å². The highest BCUT2D eigenvalue weighted by atomic mass is 19.3. The van der Waals surface area contributed by atoms with Gasteiger partial charge in [-0.15, -0.1) is 0 Å². The number of hydrogen-bond acceptors (Lipinski definition) is 5. The van der Waals surface area contributed by atoms with E-state index < -0.39 is 36.2 Å². The number of nitrogens with one attached hydrogen (secondary N) is 2. The number of alkyl halides is 3. The van der Waals surface area contributed by atoms with E-state index in [-0.39, 0.29) is 18.9 Å². The molecule has 29 heavy (non-hydrogen) atoms. The lowest BCUT2D eigenvalue weighted by molar-refractivity contribution is -0.127. The molecule has 1 fully saturated rings. The normalized spacial score (nSPS) is 22.7. The highest BCUT2D eigenvalue weighted by Gasteiger charge is 2.38. The van der Waals surface area contributed by atoms with Gasteiger partial charge in [-0.05, 0) is 25.0 Å². The predicted molar refractivity (Wildman–Crippen MR) is 97.9 cm³/mol. The number of rotatable bonds is 6. The second-order valence-corrected chi connectivity index (χ2v) is 7.06. The van der Waals surface area contributed by atoms with Gasteiger partial charge in [0.1, 0.15) is 30.7 Å². The van der Waals surface area contributed by atoms with Crippen LogP contribution in [0.1, 0.15) is 24.8 Å². The zero-order valence-corrected chi connectivity index (χ0v) is 15.3. The highest BCUT2D eigenvalue weighted by molar-refractivity contribution is 5.85. The van der Waals surface area contributed by atoms with Crippen LogP contribution in [0.2, 0.25) is 0 Å². The molecule has 154 valence electrons. The minimum atomic E-state index is -3.53. The first-order valence-electron chi connectivity index (χ1n) is 9.23. The van der Waals surface area contributed by atoms with Gasteiger partial charge in [0.2, 0.25) is 0 Å². The van der Waals surface area contributed by atoms with Crippen LogP contribution >= 0.6 is 0 Å². The molecule has 1 aliphatic rings. The van der Waals surface area contributed by atoms with Gasteiger partial charge in [-0.1, -0.05) is 12.1 Å². The Bertz CT molecular complexity index is 982. The number of aromatic amines is 1. The Labute approximate surface area is 163 Å². The lowest BCUT2D eigenvalue weighted by atomic mass is 9.91. The van der Waals surface area contributed by atoms with Gasteiger partial charge in [0.15, 0.2) is 5.65 Å². The van der Waals surface area contributed by atoms with Crippen molar-refractivity contribution in [2.75, 3.05) is 11.9 Å². The van der Waals surface area contributed by atoms with Crippen LogP contribution in [0, 0.1) is 5.82 Å². The summed E-state index contributed by atoms with van der Waals surface area (Å²) in [6, 6.07) is 4.39. The highest BCUT2D eigenvalue weighted by Crippen LogP contribution is 2.33. The Kier molecular flexibility index (Phi) is 5.35. The minimum Gasteiger partial charge on any atom is -0.369 e. The van der Waals surface area contributed by atoms with Crippen LogP contribution in [0.4, 0.5) is 23.4 Å².